The van der Waals surface area contributed by atoms with E-state index < -0.39 is 12.3 Å². The van der Waals surface area contributed by atoms with Gasteiger partial charge in [0.15, 0.2) is 0 Å². The van der Waals surface area contributed by atoms with Crippen LogP contribution in [-0.4, -0.2) is 61.3 Å². The second kappa shape index (κ2) is 11.1. The largest absolute Gasteiger partial charge is 0.573 e. The molecule has 6 nitrogen and oxygen atoms in total. The zero-order valence-electron chi connectivity index (χ0n) is 15.6. The Morgan fingerprint density at radius 2 is 1.71 bits per heavy atom. The molecular weight excluding hydrogens is 379 g/mol. The Balaban J connectivity index is 1.57. The highest BCUT2D eigenvalue weighted by Crippen LogP contribution is 2.26. The highest BCUT2D eigenvalue weighted by atomic mass is 19.4. The van der Waals surface area contributed by atoms with Gasteiger partial charge in [-0.2, -0.15) is 0 Å². The minimum absolute atomic E-state index is 0.0302. The number of rotatable bonds is 11. The number of ether oxygens (including phenoxy) is 3. The van der Waals surface area contributed by atoms with Crippen LogP contribution in [0.4, 0.5) is 13.2 Å². The molecule has 1 heterocycles. The van der Waals surface area contributed by atoms with Crippen molar-refractivity contribution < 1.29 is 37.3 Å². The van der Waals surface area contributed by atoms with Gasteiger partial charge in [0.1, 0.15) is 17.6 Å². The number of piperidine rings is 1. The number of halogens is 3. The molecule has 0 saturated carbocycles. The molecule has 0 spiro atoms. The van der Waals surface area contributed by atoms with E-state index >= 15 is 0 Å². The molecule has 0 radical (unpaired) electrons. The Labute approximate surface area is 162 Å². The maximum absolute atomic E-state index is 12.2. The van der Waals surface area contributed by atoms with Crippen LogP contribution in [0.25, 0.3) is 0 Å². The molecule has 1 fully saturated rings. The van der Waals surface area contributed by atoms with Crippen molar-refractivity contribution in [2.75, 3.05) is 32.8 Å². The summed E-state index contributed by atoms with van der Waals surface area (Å²) in [4.78, 5) is 12.7. The molecule has 0 amide bonds. The molecule has 1 aromatic rings. The van der Waals surface area contributed by atoms with Crippen LogP contribution in [0, 0.1) is 0 Å². The van der Waals surface area contributed by atoms with Crippen molar-refractivity contribution in [1.82, 2.24) is 4.90 Å². The lowest BCUT2D eigenvalue weighted by Gasteiger charge is -2.32. The Hall–Kier alpha value is -2.00. The first-order valence-electron chi connectivity index (χ1n) is 9.36. The van der Waals surface area contributed by atoms with Crippen LogP contribution in [0.3, 0.4) is 0 Å². The van der Waals surface area contributed by atoms with Crippen molar-refractivity contribution in [3.63, 3.8) is 0 Å². The minimum Gasteiger partial charge on any atom is -0.490 e. The lowest BCUT2D eigenvalue weighted by atomic mass is 10.1. The molecule has 28 heavy (non-hydrogen) atoms. The fourth-order valence-corrected chi connectivity index (χ4v) is 2.94. The third kappa shape index (κ3) is 9.27. The van der Waals surface area contributed by atoms with Crippen LogP contribution in [0.15, 0.2) is 24.3 Å². The Kier molecular flexibility index (Phi) is 8.85. The number of hydrogen-bond donors (Lipinski definition) is 1. The SMILES string of the molecule is O=C(O)CCCCOCCN1CCC(Oc2ccc(OC(F)(F)F)cc2)CC1. The normalized spacial score (nSPS) is 16.1. The zero-order valence-corrected chi connectivity index (χ0v) is 15.6. The van der Waals surface area contributed by atoms with Gasteiger partial charge < -0.3 is 24.2 Å². The number of likely N-dealkylation sites (tertiary alicyclic amines) is 1. The van der Waals surface area contributed by atoms with Gasteiger partial charge >= 0.3 is 12.3 Å². The van der Waals surface area contributed by atoms with E-state index in [2.05, 4.69) is 9.64 Å². The first kappa shape index (κ1) is 22.3. The third-order valence-electron chi connectivity index (χ3n) is 4.38. The monoisotopic (exact) mass is 405 g/mol. The average molecular weight is 405 g/mol. The van der Waals surface area contributed by atoms with E-state index in [9.17, 15) is 18.0 Å². The summed E-state index contributed by atoms with van der Waals surface area (Å²) in [7, 11) is 0. The van der Waals surface area contributed by atoms with Crippen LogP contribution in [0.1, 0.15) is 32.1 Å². The van der Waals surface area contributed by atoms with Crippen LogP contribution in [0.5, 0.6) is 11.5 Å². The van der Waals surface area contributed by atoms with E-state index in [1.165, 1.54) is 24.3 Å². The third-order valence-corrected chi connectivity index (χ3v) is 4.38. The summed E-state index contributed by atoms with van der Waals surface area (Å²) >= 11 is 0. The van der Waals surface area contributed by atoms with Crippen molar-refractivity contribution in [2.24, 2.45) is 0 Å². The van der Waals surface area contributed by atoms with E-state index in [-0.39, 0.29) is 18.3 Å². The summed E-state index contributed by atoms with van der Waals surface area (Å²) in [5, 5.41) is 8.55. The van der Waals surface area contributed by atoms with Gasteiger partial charge in [-0.05, 0) is 49.9 Å². The molecule has 0 aliphatic carbocycles. The molecule has 158 valence electrons. The summed E-state index contributed by atoms with van der Waals surface area (Å²) < 4.78 is 51.7. The Bertz CT molecular complexity index is 586. The number of alkyl halides is 3. The highest BCUT2D eigenvalue weighted by Gasteiger charge is 2.31. The summed E-state index contributed by atoms with van der Waals surface area (Å²) in [6.07, 6.45) is -1.45. The van der Waals surface area contributed by atoms with Gasteiger partial charge in [-0.15, -0.1) is 13.2 Å². The number of carbonyl (C=O) groups is 1. The van der Waals surface area contributed by atoms with Crippen molar-refractivity contribution >= 4 is 5.97 Å². The standard InChI is InChI=1S/C19H26F3NO5/c20-19(21,22)28-17-6-4-15(5-7-17)27-16-8-10-23(11-9-16)12-14-26-13-2-1-3-18(24)25/h4-7,16H,1-3,8-14H2,(H,24,25). The number of benzene rings is 1. The molecule has 0 unspecified atom stereocenters. The molecule has 0 bridgehead atoms. The van der Waals surface area contributed by atoms with Crippen molar-refractivity contribution in [3.8, 4) is 11.5 Å². The number of aliphatic carboxylic acids is 1. The molecule has 1 aliphatic rings. The number of carboxylic acids is 1. The van der Waals surface area contributed by atoms with Crippen molar-refractivity contribution in [2.45, 2.75) is 44.6 Å². The van der Waals surface area contributed by atoms with Gasteiger partial charge in [0.25, 0.3) is 0 Å². The first-order chi connectivity index (χ1) is 13.3. The fourth-order valence-electron chi connectivity index (χ4n) is 2.94. The molecule has 0 aromatic heterocycles. The van der Waals surface area contributed by atoms with Crippen molar-refractivity contribution in [1.29, 1.82) is 0 Å². The molecule has 0 atom stereocenters. The van der Waals surface area contributed by atoms with E-state index in [0.29, 0.717) is 25.4 Å². The number of hydrogen-bond acceptors (Lipinski definition) is 5. The second-order valence-corrected chi connectivity index (χ2v) is 6.64. The van der Waals surface area contributed by atoms with Crippen LogP contribution in [-0.2, 0) is 9.53 Å². The van der Waals surface area contributed by atoms with E-state index in [1.807, 2.05) is 0 Å². The van der Waals surface area contributed by atoms with Crippen molar-refractivity contribution in [3.05, 3.63) is 24.3 Å². The highest BCUT2D eigenvalue weighted by molar-refractivity contribution is 5.66. The van der Waals surface area contributed by atoms with E-state index in [1.54, 1.807) is 0 Å². The number of unbranched alkanes of at least 4 members (excludes halogenated alkanes) is 1. The molecule has 2 rings (SSSR count). The van der Waals surface area contributed by atoms with Gasteiger partial charge in [0.05, 0.1) is 6.61 Å². The van der Waals surface area contributed by atoms with Gasteiger partial charge in [0.2, 0.25) is 0 Å². The maximum Gasteiger partial charge on any atom is 0.573 e. The van der Waals surface area contributed by atoms with Gasteiger partial charge in [-0.1, -0.05) is 0 Å². The summed E-state index contributed by atoms with van der Waals surface area (Å²) in [5.74, 6) is -0.522. The fraction of sp³-hybridized carbons (Fsp3) is 0.632. The molecule has 1 saturated heterocycles. The smallest absolute Gasteiger partial charge is 0.490 e. The molecule has 1 N–H and O–H groups in total. The van der Waals surface area contributed by atoms with Crippen LogP contribution in [0.2, 0.25) is 0 Å². The predicted molar refractivity (Wildman–Crippen MR) is 95.5 cm³/mol. The van der Waals surface area contributed by atoms with Gasteiger partial charge in [-0.25, -0.2) is 0 Å². The average Bonchev–Trinajstić information content (AvgIpc) is 2.62. The first-order valence-corrected chi connectivity index (χ1v) is 9.36. The molecular formula is C19H26F3NO5. The minimum atomic E-state index is -4.70. The van der Waals surface area contributed by atoms with Gasteiger partial charge in [-0.3, -0.25) is 4.79 Å². The summed E-state index contributed by atoms with van der Waals surface area (Å²) in [5.41, 5.74) is 0. The van der Waals surface area contributed by atoms with Crippen LogP contribution >= 0.6 is 0 Å². The number of nitrogens with zero attached hydrogens (tertiary/aromatic N) is 1. The lowest BCUT2D eigenvalue weighted by molar-refractivity contribution is -0.274. The molecule has 9 heteroatoms. The van der Waals surface area contributed by atoms with Crippen LogP contribution < -0.4 is 9.47 Å². The molecule has 1 aliphatic heterocycles. The maximum atomic E-state index is 12.2. The topological polar surface area (TPSA) is 68.2 Å². The lowest BCUT2D eigenvalue weighted by Crippen LogP contribution is -2.39. The summed E-state index contributed by atoms with van der Waals surface area (Å²) in [6, 6.07) is 5.44. The number of carboxylic acid groups (broad SMARTS) is 1. The second-order valence-electron chi connectivity index (χ2n) is 6.64. The van der Waals surface area contributed by atoms with E-state index in [4.69, 9.17) is 14.6 Å². The Morgan fingerprint density at radius 3 is 2.32 bits per heavy atom. The van der Waals surface area contributed by atoms with Gasteiger partial charge in [0, 0.05) is 32.7 Å². The quantitative estimate of drug-likeness (QED) is 0.567. The Morgan fingerprint density at radius 1 is 1.07 bits per heavy atom. The molecule has 1 aromatic carbocycles. The zero-order chi connectivity index (χ0) is 20.4. The van der Waals surface area contributed by atoms with E-state index in [0.717, 1.165) is 38.9 Å². The summed E-state index contributed by atoms with van der Waals surface area (Å²) in [6.45, 7) is 3.72. The predicted octanol–water partition coefficient (Wildman–Crippen LogP) is 3.70.